The van der Waals surface area contributed by atoms with E-state index in [1.54, 1.807) is 4.57 Å². The van der Waals surface area contributed by atoms with E-state index in [-0.39, 0.29) is 10.2 Å². The second-order valence-electron chi connectivity index (χ2n) is 2.82. The highest BCUT2D eigenvalue weighted by atomic mass is 35.7. The minimum Gasteiger partial charge on any atom is -0.317 e. The second kappa shape index (κ2) is 2.87. The van der Waals surface area contributed by atoms with E-state index in [0.29, 0.717) is 12.4 Å². The molecule has 7 heteroatoms. The van der Waals surface area contributed by atoms with Crippen LogP contribution in [0.5, 0.6) is 0 Å². The number of imidazole rings is 1. The maximum Gasteiger partial charge on any atom is 0.280 e. The first kappa shape index (κ1) is 9.30. The monoisotopic (exact) mass is 240 g/mol. The van der Waals surface area contributed by atoms with Gasteiger partial charge in [0.25, 0.3) is 9.05 Å². The molecule has 0 aliphatic carbocycles. The zero-order valence-electron chi connectivity index (χ0n) is 6.50. The maximum absolute atomic E-state index is 11.1. The molecule has 0 saturated heterocycles. The molecule has 72 valence electrons. The minimum absolute atomic E-state index is 0.0234. The lowest BCUT2D eigenvalue weighted by molar-refractivity contribution is 0.592. The summed E-state index contributed by atoms with van der Waals surface area (Å²) in [6.07, 6.45) is 1.64. The predicted molar refractivity (Wildman–Crippen MR) is 48.6 cm³/mol. The molecule has 1 aromatic rings. The normalized spacial score (nSPS) is 16.2. The van der Waals surface area contributed by atoms with Crippen LogP contribution in [0.1, 0.15) is 12.2 Å². The third-order valence-electron chi connectivity index (χ3n) is 1.97. The van der Waals surface area contributed by atoms with Crippen molar-refractivity contribution in [1.82, 2.24) is 9.55 Å². The molecule has 0 saturated carbocycles. The number of aromatic nitrogens is 2. The molecule has 4 nitrogen and oxygen atoms in total. The largest absolute Gasteiger partial charge is 0.317 e. The Balaban J connectivity index is 2.70. The Bertz CT molecular complexity index is 451. The highest BCUT2D eigenvalue weighted by Crippen LogP contribution is 2.29. The van der Waals surface area contributed by atoms with Crippen LogP contribution >= 0.6 is 22.3 Å². The van der Waals surface area contributed by atoms with Crippen LogP contribution in [0.25, 0.3) is 0 Å². The Hall–Kier alpha value is -0.260. The number of aryl methyl sites for hydroxylation is 1. The van der Waals surface area contributed by atoms with Gasteiger partial charge in [0.15, 0.2) is 10.2 Å². The molecule has 0 unspecified atom stereocenters. The molecule has 1 aromatic heterocycles. The van der Waals surface area contributed by atoms with Gasteiger partial charge in [-0.1, -0.05) is 11.6 Å². The third-order valence-corrected chi connectivity index (χ3v) is 3.66. The van der Waals surface area contributed by atoms with Gasteiger partial charge in [-0.15, -0.1) is 0 Å². The molecule has 13 heavy (non-hydrogen) atoms. The van der Waals surface area contributed by atoms with E-state index in [0.717, 1.165) is 12.8 Å². The van der Waals surface area contributed by atoms with Gasteiger partial charge in [0.1, 0.15) is 5.82 Å². The lowest BCUT2D eigenvalue weighted by Gasteiger charge is -1.99. The van der Waals surface area contributed by atoms with Gasteiger partial charge in [-0.2, -0.15) is 0 Å². The van der Waals surface area contributed by atoms with Crippen LogP contribution in [0.3, 0.4) is 0 Å². The molecule has 0 spiro atoms. The molecule has 0 bridgehead atoms. The van der Waals surface area contributed by atoms with Gasteiger partial charge in [-0.25, -0.2) is 13.4 Å². The quantitative estimate of drug-likeness (QED) is 0.698. The average Bonchev–Trinajstić information content (AvgIpc) is 2.41. The fourth-order valence-corrected chi connectivity index (χ4v) is 3.30. The number of nitrogens with zero attached hydrogens (tertiary/aromatic N) is 2. The van der Waals surface area contributed by atoms with Crippen LogP contribution in [0, 0.1) is 0 Å². The lowest BCUT2D eigenvalue weighted by atomic mass is 10.4. The van der Waals surface area contributed by atoms with Crippen molar-refractivity contribution in [3.05, 3.63) is 11.0 Å². The molecule has 2 rings (SSSR count). The summed E-state index contributed by atoms with van der Waals surface area (Å²) in [6, 6.07) is 0. The van der Waals surface area contributed by atoms with Crippen molar-refractivity contribution in [3.63, 3.8) is 0 Å². The Morgan fingerprint density at radius 3 is 2.77 bits per heavy atom. The highest BCUT2D eigenvalue weighted by Gasteiger charge is 2.27. The van der Waals surface area contributed by atoms with Crippen LogP contribution in [-0.4, -0.2) is 18.0 Å². The molecule has 0 amide bonds. The standard InChI is InChI=1S/C6H6Cl2N2O2S/c7-5-6(13(8,11)12)10-3-1-2-4(10)9-5/h1-3H2. The average molecular weight is 241 g/mol. The van der Waals surface area contributed by atoms with Crippen molar-refractivity contribution >= 4 is 31.3 Å². The Kier molecular flexibility index (Phi) is 2.05. The summed E-state index contributed by atoms with van der Waals surface area (Å²) in [5.41, 5.74) is 0. The van der Waals surface area contributed by atoms with Crippen molar-refractivity contribution in [3.8, 4) is 0 Å². The van der Waals surface area contributed by atoms with Gasteiger partial charge < -0.3 is 4.57 Å². The third kappa shape index (κ3) is 1.45. The van der Waals surface area contributed by atoms with E-state index in [2.05, 4.69) is 4.98 Å². The van der Waals surface area contributed by atoms with Crippen molar-refractivity contribution < 1.29 is 8.42 Å². The Labute approximate surface area is 84.9 Å². The van der Waals surface area contributed by atoms with Crippen molar-refractivity contribution in [1.29, 1.82) is 0 Å². The van der Waals surface area contributed by atoms with Crippen LogP contribution < -0.4 is 0 Å². The summed E-state index contributed by atoms with van der Waals surface area (Å²) in [6.45, 7) is 0.621. The Morgan fingerprint density at radius 1 is 1.46 bits per heavy atom. The smallest absolute Gasteiger partial charge is 0.280 e. The number of rotatable bonds is 1. The van der Waals surface area contributed by atoms with Gasteiger partial charge in [0.05, 0.1) is 0 Å². The summed E-state index contributed by atoms with van der Waals surface area (Å²) >= 11 is 5.65. The zero-order chi connectivity index (χ0) is 9.64. The zero-order valence-corrected chi connectivity index (χ0v) is 8.82. The fourth-order valence-electron chi connectivity index (χ4n) is 1.50. The first-order valence-electron chi connectivity index (χ1n) is 3.69. The van der Waals surface area contributed by atoms with E-state index >= 15 is 0 Å². The molecule has 0 N–H and O–H groups in total. The van der Waals surface area contributed by atoms with Gasteiger partial charge in [0.2, 0.25) is 0 Å². The molecule has 0 aromatic carbocycles. The number of hydrogen-bond acceptors (Lipinski definition) is 3. The molecular weight excluding hydrogens is 235 g/mol. The highest BCUT2D eigenvalue weighted by molar-refractivity contribution is 8.13. The maximum atomic E-state index is 11.1. The van der Waals surface area contributed by atoms with Gasteiger partial charge in [-0.05, 0) is 6.42 Å². The summed E-state index contributed by atoms with van der Waals surface area (Å²) in [5, 5.41) is -0.0898. The second-order valence-corrected chi connectivity index (χ2v) is 5.66. The van der Waals surface area contributed by atoms with Gasteiger partial charge >= 0.3 is 0 Å². The van der Waals surface area contributed by atoms with E-state index in [1.807, 2.05) is 0 Å². The number of halogens is 2. The first-order valence-corrected chi connectivity index (χ1v) is 6.38. The molecule has 1 aliphatic rings. The van der Waals surface area contributed by atoms with E-state index in [9.17, 15) is 8.42 Å². The van der Waals surface area contributed by atoms with Crippen molar-refractivity contribution in [2.24, 2.45) is 0 Å². The fraction of sp³-hybridized carbons (Fsp3) is 0.500. The van der Waals surface area contributed by atoms with Crippen molar-refractivity contribution in [2.45, 2.75) is 24.4 Å². The lowest BCUT2D eigenvalue weighted by Crippen LogP contribution is -2.02. The summed E-state index contributed by atoms with van der Waals surface area (Å²) in [4.78, 5) is 3.92. The molecule has 0 atom stereocenters. The van der Waals surface area contributed by atoms with Gasteiger partial charge in [-0.3, -0.25) is 0 Å². The SMILES string of the molecule is O=S(=O)(Cl)c1c(Cl)nc2n1CCC2. The van der Waals surface area contributed by atoms with E-state index in [1.165, 1.54) is 0 Å². The summed E-state index contributed by atoms with van der Waals surface area (Å²) < 4.78 is 23.7. The number of fused-ring (bicyclic) bond motifs is 1. The number of hydrogen-bond donors (Lipinski definition) is 0. The topological polar surface area (TPSA) is 52.0 Å². The van der Waals surface area contributed by atoms with Crippen LogP contribution in [-0.2, 0) is 22.0 Å². The molecule has 0 radical (unpaired) electrons. The minimum atomic E-state index is -3.77. The summed E-state index contributed by atoms with van der Waals surface area (Å²) in [5.74, 6) is 0.698. The van der Waals surface area contributed by atoms with Crippen molar-refractivity contribution in [2.75, 3.05) is 0 Å². The molecular formula is C6H6Cl2N2O2S. The van der Waals surface area contributed by atoms with Crippen LogP contribution in [0.15, 0.2) is 5.03 Å². The molecule has 1 aliphatic heterocycles. The van der Waals surface area contributed by atoms with Gasteiger partial charge in [0, 0.05) is 23.6 Å². The Morgan fingerprint density at radius 2 is 2.15 bits per heavy atom. The molecule has 0 fully saturated rings. The van der Waals surface area contributed by atoms with Crippen LogP contribution in [0.2, 0.25) is 5.15 Å². The predicted octanol–water partition coefficient (Wildman–Crippen LogP) is 1.41. The molecule has 2 heterocycles. The van der Waals surface area contributed by atoms with E-state index < -0.39 is 9.05 Å². The first-order chi connectivity index (χ1) is 6.00. The summed E-state index contributed by atoms with van der Waals surface area (Å²) in [7, 11) is 1.44. The van der Waals surface area contributed by atoms with E-state index in [4.69, 9.17) is 22.3 Å². The van der Waals surface area contributed by atoms with Crippen LogP contribution in [0.4, 0.5) is 0 Å².